The van der Waals surface area contributed by atoms with E-state index in [0.717, 1.165) is 0 Å². The topological polar surface area (TPSA) is 78.1 Å². The van der Waals surface area contributed by atoms with Crippen LogP contribution in [0.3, 0.4) is 0 Å². The molecule has 0 fully saturated rings. The van der Waals surface area contributed by atoms with Crippen LogP contribution in [0, 0.1) is 5.82 Å². The van der Waals surface area contributed by atoms with E-state index in [4.69, 9.17) is 0 Å². The largest absolute Gasteiger partial charge is 0.333 e. The first-order chi connectivity index (χ1) is 11.7. The van der Waals surface area contributed by atoms with E-state index in [1.807, 2.05) is 20.8 Å². The molecule has 0 saturated heterocycles. The molecule has 1 aromatic carbocycles. The molecule has 25 heavy (non-hydrogen) atoms. The summed E-state index contributed by atoms with van der Waals surface area (Å²) in [5, 5.41) is 2.90. The van der Waals surface area contributed by atoms with E-state index in [1.165, 1.54) is 12.1 Å². The molecule has 0 unspecified atom stereocenters. The number of carbonyl (C=O) groups excluding carboxylic acids is 1. The fourth-order valence-electron chi connectivity index (χ4n) is 2.74. The molecule has 1 aliphatic rings. The van der Waals surface area contributed by atoms with Gasteiger partial charge in [-0.25, -0.2) is 14.2 Å². The quantitative estimate of drug-likeness (QED) is 0.834. The van der Waals surface area contributed by atoms with Crippen molar-refractivity contribution in [3.8, 4) is 11.4 Å². The molecule has 0 bridgehead atoms. The normalized spacial score (nSPS) is 14.2. The zero-order chi connectivity index (χ0) is 18.2. The first-order valence-electron chi connectivity index (χ1n) is 8.18. The number of carbonyl (C=O) groups is 1. The lowest BCUT2D eigenvalue weighted by Crippen LogP contribution is -2.50. The minimum absolute atomic E-state index is 0.194. The summed E-state index contributed by atoms with van der Waals surface area (Å²) < 4.78 is 13.1. The Morgan fingerprint density at radius 1 is 1.28 bits per heavy atom. The van der Waals surface area contributed by atoms with Crippen LogP contribution in [-0.4, -0.2) is 33.0 Å². The predicted octanol–water partition coefficient (Wildman–Crippen LogP) is 2.44. The lowest BCUT2D eigenvalue weighted by molar-refractivity contribution is 0.182. The summed E-state index contributed by atoms with van der Waals surface area (Å²) in [7, 11) is 0. The summed E-state index contributed by atoms with van der Waals surface area (Å²) in [5.74, 6) is 0.0703. The molecule has 0 radical (unpaired) electrons. The van der Waals surface area contributed by atoms with Gasteiger partial charge < -0.3 is 15.2 Å². The van der Waals surface area contributed by atoms with Crippen LogP contribution in [0.5, 0.6) is 0 Å². The minimum Gasteiger partial charge on any atom is -0.333 e. The third-order valence-corrected chi connectivity index (χ3v) is 3.96. The van der Waals surface area contributed by atoms with Gasteiger partial charge in [-0.15, -0.1) is 0 Å². The average molecular weight is 344 g/mol. The van der Waals surface area contributed by atoms with Gasteiger partial charge in [-0.05, 0) is 45.0 Å². The molecular formula is C18H21FN4O2. The van der Waals surface area contributed by atoms with Crippen molar-refractivity contribution in [2.24, 2.45) is 0 Å². The lowest BCUT2D eigenvalue weighted by atomic mass is 10.1. The summed E-state index contributed by atoms with van der Waals surface area (Å²) >= 11 is 0. The Morgan fingerprint density at radius 3 is 2.60 bits per heavy atom. The Hall–Kier alpha value is -2.70. The van der Waals surface area contributed by atoms with Gasteiger partial charge in [0.2, 0.25) is 0 Å². The number of hydrogen-bond acceptors (Lipinski definition) is 3. The molecule has 1 aromatic heterocycles. The molecule has 7 heteroatoms. The van der Waals surface area contributed by atoms with E-state index in [9.17, 15) is 14.0 Å². The monoisotopic (exact) mass is 344 g/mol. The van der Waals surface area contributed by atoms with E-state index >= 15 is 0 Å². The van der Waals surface area contributed by atoms with Crippen molar-refractivity contribution in [1.29, 1.82) is 0 Å². The number of nitrogens with zero attached hydrogens (tertiary/aromatic N) is 2. The van der Waals surface area contributed by atoms with Crippen LogP contribution in [-0.2, 0) is 13.0 Å². The molecule has 0 spiro atoms. The highest BCUT2D eigenvalue weighted by atomic mass is 19.1. The van der Waals surface area contributed by atoms with Gasteiger partial charge in [-0.3, -0.25) is 4.79 Å². The van der Waals surface area contributed by atoms with Gasteiger partial charge in [-0.1, -0.05) is 0 Å². The second-order valence-electron chi connectivity index (χ2n) is 7.20. The zero-order valence-corrected chi connectivity index (χ0v) is 14.5. The number of nitrogens with one attached hydrogen (secondary N) is 2. The van der Waals surface area contributed by atoms with Crippen molar-refractivity contribution in [3.05, 3.63) is 51.7 Å². The molecule has 0 aliphatic carbocycles. The number of H-pyrrole nitrogens is 1. The molecule has 132 valence electrons. The Balaban J connectivity index is 1.86. The summed E-state index contributed by atoms with van der Waals surface area (Å²) in [6.07, 6.45) is 0.505. The molecule has 1 aliphatic heterocycles. The van der Waals surface area contributed by atoms with E-state index in [0.29, 0.717) is 35.6 Å². The van der Waals surface area contributed by atoms with Crippen molar-refractivity contribution >= 4 is 6.03 Å². The SMILES string of the molecule is CC(C)(C)NC(=O)N1CCc2nc(-c3ccc(F)cc3)[nH]c(=O)c2C1. The predicted molar refractivity (Wildman–Crippen MR) is 92.7 cm³/mol. The number of fused-ring (bicyclic) bond motifs is 1. The van der Waals surface area contributed by atoms with Crippen LogP contribution in [0.2, 0.25) is 0 Å². The van der Waals surface area contributed by atoms with Crippen LogP contribution < -0.4 is 10.9 Å². The fourth-order valence-corrected chi connectivity index (χ4v) is 2.74. The number of urea groups is 1. The molecule has 0 atom stereocenters. The highest BCUT2D eigenvalue weighted by Crippen LogP contribution is 2.19. The van der Waals surface area contributed by atoms with Crippen molar-refractivity contribution < 1.29 is 9.18 Å². The van der Waals surface area contributed by atoms with Gasteiger partial charge in [0.05, 0.1) is 17.8 Å². The Bertz CT molecular complexity index is 853. The van der Waals surface area contributed by atoms with Crippen molar-refractivity contribution in [1.82, 2.24) is 20.2 Å². The Morgan fingerprint density at radius 2 is 1.96 bits per heavy atom. The maximum Gasteiger partial charge on any atom is 0.318 e. The lowest BCUT2D eigenvalue weighted by Gasteiger charge is -2.31. The number of halogens is 1. The van der Waals surface area contributed by atoms with Crippen LogP contribution in [0.1, 0.15) is 32.0 Å². The summed E-state index contributed by atoms with van der Waals surface area (Å²) in [5.41, 5.74) is 1.23. The summed E-state index contributed by atoms with van der Waals surface area (Å²) in [4.78, 5) is 33.6. The second-order valence-corrected chi connectivity index (χ2v) is 7.20. The van der Waals surface area contributed by atoms with Crippen molar-refractivity contribution in [2.45, 2.75) is 39.3 Å². The number of aromatic nitrogens is 2. The highest BCUT2D eigenvalue weighted by Gasteiger charge is 2.26. The van der Waals surface area contributed by atoms with E-state index in [1.54, 1.807) is 17.0 Å². The zero-order valence-electron chi connectivity index (χ0n) is 14.5. The number of benzene rings is 1. The number of amides is 2. The third-order valence-electron chi connectivity index (χ3n) is 3.96. The van der Waals surface area contributed by atoms with Gasteiger partial charge in [0.15, 0.2) is 0 Å². The maximum absolute atomic E-state index is 13.1. The number of rotatable bonds is 1. The maximum atomic E-state index is 13.1. The van der Waals surface area contributed by atoms with Gasteiger partial charge in [0.1, 0.15) is 11.6 Å². The minimum atomic E-state index is -0.343. The molecule has 2 N–H and O–H groups in total. The fraction of sp³-hybridized carbons (Fsp3) is 0.389. The standard InChI is InChI=1S/C18H21FN4O2/c1-18(2,3)22-17(25)23-9-8-14-13(10-23)16(24)21-15(20-14)11-4-6-12(19)7-5-11/h4-7H,8-10H2,1-3H3,(H,22,25)(H,20,21,24). The van der Waals surface area contributed by atoms with E-state index in [-0.39, 0.29) is 29.5 Å². The third kappa shape index (κ3) is 3.87. The van der Waals surface area contributed by atoms with Gasteiger partial charge >= 0.3 is 6.03 Å². The highest BCUT2D eigenvalue weighted by molar-refractivity contribution is 5.75. The van der Waals surface area contributed by atoms with Crippen LogP contribution in [0.15, 0.2) is 29.1 Å². The first-order valence-corrected chi connectivity index (χ1v) is 8.18. The second kappa shape index (κ2) is 6.31. The van der Waals surface area contributed by atoms with Gasteiger partial charge in [0, 0.05) is 24.1 Å². The van der Waals surface area contributed by atoms with E-state index in [2.05, 4.69) is 15.3 Å². The van der Waals surface area contributed by atoms with Crippen LogP contribution in [0.4, 0.5) is 9.18 Å². The van der Waals surface area contributed by atoms with Gasteiger partial charge in [-0.2, -0.15) is 0 Å². The molecule has 2 aromatic rings. The molecule has 0 saturated carbocycles. The summed E-state index contributed by atoms with van der Waals surface area (Å²) in [6.45, 7) is 6.45. The average Bonchev–Trinajstić information content (AvgIpc) is 2.53. The Labute approximate surface area is 145 Å². The van der Waals surface area contributed by atoms with Crippen molar-refractivity contribution in [3.63, 3.8) is 0 Å². The van der Waals surface area contributed by atoms with Gasteiger partial charge in [0.25, 0.3) is 5.56 Å². The van der Waals surface area contributed by atoms with Crippen LogP contribution in [0.25, 0.3) is 11.4 Å². The molecule has 2 amide bonds. The molecule has 6 nitrogen and oxygen atoms in total. The first kappa shape index (κ1) is 17.1. The number of aromatic amines is 1. The smallest absolute Gasteiger partial charge is 0.318 e. The van der Waals surface area contributed by atoms with E-state index < -0.39 is 0 Å². The van der Waals surface area contributed by atoms with Crippen LogP contribution >= 0.6 is 0 Å². The molecule has 3 rings (SSSR count). The molecule has 2 heterocycles. The number of hydrogen-bond donors (Lipinski definition) is 2. The molecular weight excluding hydrogens is 323 g/mol. The van der Waals surface area contributed by atoms with Crippen molar-refractivity contribution in [2.75, 3.05) is 6.54 Å². The summed E-state index contributed by atoms with van der Waals surface area (Å²) in [6, 6.07) is 5.61. The Kier molecular flexibility index (Phi) is 4.32.